The van der Waals surface area contributed by atoms with Crippen molar-refractivity contribution in [1.29, 1.82) is 0 Å². The molecule has 0 bridgehead atoms. The molecule has 1 heterocycles. The number of rotatable bonds is 4. The van der Waals surface area contributed by atoms with E-state index < -0.39 is 22.2 Å². The largest absolute Gasteiger partial charge is 0.463 e. The van der Waals surface area contributed by atoms with Gasteiger partial charge in [-0.05, 0) is 31.5 Å². The van der Waals surface area contributed by atoms with E-state index in [-0.39, 0.29) is 33.8 Å². The number of halogens is 2. The molecule has 27 heavy (non-hydrogen) atoms. The van der Waals surface area contributed by atoms with Gasteiger partial charge in [-0.3, -0.25) is 0 Å². The molecule has 0 saturated carbocycles. The molecule has 1 N–H and O–H groups in total. The average Bonchev–Trinajstić information content (AvgIpc) is 2.58. The maximum atomic E-state index is 13.3. The molecule has 0 amide bonds. The molecule has 1 unspecified atom stereocenters. The Morgan fingerprint density at radius 3 is 2.52 bits per heavy atom. The van der Waals surface area contributed by atoms with Gasteiger partial charge in [0.15, 0.2) is 6.17 Å². The van der Waals surface area contributed by atoms with Crippen molar-refractivity contribution in [2.75, 3.05) is 11.9 Å². The van der Waals surface area contributed by atoms with Crippen molar-refractivity contribution >= 4 is 44.9 Å². The zero-order chi connectivity index (χ0) is 19.8. The van der Waals surface area contributed by atoms with E-state index in [1.54, 1.807) is 6.92 Å². The zero-order valence-electron chi connectivity index (χ0n) is 14.7. The van der Waals surface area contributed by atoms with E-state index in [1.165, 1.54) is 12.1 Å². The summed E-state index contributed by atoms with van der Waals surface area (Å²) in [5, 5.41) is 3.15. The highest BCUT2D eigenvalue weighted by Gasteiger charge is 2.44. The van der Waals surface area contributed by atoms with Gasteiger partial charge in [-0.15, -0.1) is 0 Å². The van der Waals surface area contributed by atoms with Crippen molar-refractivity contribution < 1.29 is 17.9 Å². The number of nitrogens with zero attached hydrogens (tertiary/aromatic N) is 1. The molecule has 1 aliphatic heterocycles. The highest BCUT2D eigenvalue weighted by molar-refractivity contribution is 7.89. The fourth-order valence-corrected chi connectivity index (χ4v) is 5.31. The summed E-state index contributed by atoms with van der Waals surface area (Å²) < 4.78 is 32.7. The maximum Gasteiger partial charge on any atom is 0.345 e. The summed E-state index contributed by atoms with van der Waals surface area (Å²) in [4.78, 5) is 12.4. The van der Waals surface area contributed by atoms with Crippen molar-refractivity contribution in [1.82, 2.24) is 4.31 Å². The maximum absolute atomic E-state index is 13.3. The Hall–Kier alpha value is -1.80. The number of ether oxygens (including phenoxy) is 1. The monoisotopic (exact) mass is 428 g/mol. The fourth-order valence-electron chi connectivity index (χ4n) is 2.85. The summed E-state index contributed by atoms with van der Waals surface area (Å²) >= 11 is 12.2. The second kappa shape index (κ2) is 7.67. The summed E-state index contributed by atoms with van der Waals surface area (Å²) in [6.45, 7) is 3.70. The van der Waals surface area contributed by atoms with Crippen molar-refractivity contribution in [3.63, 3.8) is 0 Å². The van der Waals surface area contributed by atoms with Gasteiger partial charge in [0.2, 0.25) is 10.0 Å². The summed E-state index contributed by atoms with van der Waals surface area (Å²) in [6, 6.07) is 10.2. The van der Waals surface area contributed by atoms with Crippen LogP contribution in [0, 0.1) is 6.92 Å². The molecule has 0 spiro atoms. The number of anilines is 1. The van der Waals surface area contributed by atoms with Gasteiger partial charge < -0.3 is 10.1 Å². The van der Waals surface area contributed by atoms with Crippen LogP contribution in [0.25, 0.3) is 0 Å². The number of esters is 1. The molecule has 2 aromatic carbocycles. The number of fused-ring (bicyclic) bond motifs is 1. The second-order valence-electron chi connectivity index (χ2n) is 6.10. The van der Waals surface area contributed by atoms with Crippen LogP contribution in [0.1, 0.15) is 18.1 Å². The number of sulfonamides is 1. The topological polar surface area (TPSA) is 75.7 Å². The Morgan fingerprint density at radius 2 is 1.89 bits per heavy atom. The highest BCUT2D eigenvalue weighted by Crippen LogP contribution is 2.40. The summed E-state index contributed by atoms with van der Waals surface area (Å²) in [5.41, 5.74) is 1.95. The Bertz CT molecular complexity index is 978. The Balaban J connectivity index is 2.10. The van der Waals surface area contributed by atoms with E-state index in [0.717, 1.165) is 15.4 Å². The van der Waals surface area contributed by atoms with E-state index in [2.05, 4.69) is 5.32 Å². The lowest BCUT2D eigenvalue weighted by atomic mass is 10.1. The molecule has 0 saturated heterocycles. The number of hydrogen-bond donors (Lipinski definition) is 1. The first-order valence-corrected chi connectivity index (χ1v) is 10.4. The molecule has 1 aliphatic rings. The van der Waals surface area contributed by atoms with Crippen LogP contribution >= 0.6 is 23.2 Å². The number of carbonyl (C=O) groups is 1. The lowest BCUT2D eigenvalue weighted by Crippen LogP contribution is -2.53. The standard InChI is InChI=1S/C18H18Cl2N2O4S/c1-3-26-18(23)17-21-15-9-13(19)8-14(20)16(15)27(24,25)22(17)10-12-6-4-11(2)5-7-12/h4-9,17,21H,3,10H2,1-2H3. The van der Waals surface area contributed by atoms with E-state index in [4.69, 9.17) is 27.9 Å². The third-order valence-corrected chi connectivity index (χ3v) is 6.67. The Kier molecular flexibility index (Phi) is 5.67. The minimum atomic E-state index is -4.07. The molecule has 2 aromatic rings. The van der Waals surface area contributed by atoms with E-state index in [0.29, 0.717) is 0 Å². The predicted octanol–water partition coefficient (Wildman–Crippen LogP) is 3.81. The molecule has 3 rings (SSSR count). The fraction of sp³-hybridized carbons (Fsp3) is 0.278. The van der Waals surface area contributed by atoms with Gasteiger partial charge in [0, 0.05) is 11.6 Å². The third kappa shape index (κ3) is 3.91. The zero-order valence-corrected chi connectivity index (χ0v) is 17.0. The quantitative estimate of drug-likeness (QED) is 0.749. The van der Waals surface area contributed by atoms with Crippen molar-refractivity contribution in [2.24, 2.45) is 0 Å². The molecule has 6 nitrogen and oxygen atoms in total. The molecule has 144 valence electrons. The van der Waals surface area contributed by atoms with Crippen LogP contribution in [0.4, 0.5) is 5.69 Å². The molecule has 1 atom stereocenters. The predicted molar refractivity (Wildman–Crippen MR) is 104 cm³/mol. The molecule has 0 fully saturated rings. The second-order valence-corrected chi connectivity index (χ2v) is 8.77. The number of benzene rings is 2. The first-order valence-electron chi connectivity index (χ1n) is 8.23. The molecule has 9 heteroatoms. The highest BCUT2D eigenvalue weighted by atomic mass is 35.5. The number of hydrogen-bond acceptors (Lipinski definition) is 5. The van der Waals surface area contributed by atoms with Crippen molar-refractivity contribution in [3.05, 3.63) is 57.6 Å². The summed E-state index contributed by atoms with van der Waals surface area (Å²) in [7, 11) is -4.07. The number of aryl methyl sites for hydroxylation is 1. The molecule has 0 radical (unpaired) electrons. The average molecular weight is 429 g/mol. The first-order chi connectivity index (χ1) is 12.7. The van der Waals surface area contributed by atoms with Crippen LogP contribution in [0.2, 0.25) is 10.0 Å². The van der Waals surface area contributed by atoms with Crippen LogP contribution in [-0.2, 0) is 26.1 Å². The van der Waals surface area contributed by atoms with Crippen LogP contribution in [0.15, 0.2) is 41.3 Å². The first kappa shape index (κ1) is 19.9. The lowest BCUT2D eigenvalue weighted by Gasteiger charge is -2.36. The van der Waals surface area contributed by atoms with E-state index >= 15 is 0 Å². The molecular formula is C18H18Cl2N2O4S. The summed E-state index contributed by atoms with van der Waals surface area (Å²) in [6.07, 6.45) is -1.22. The third-order valence-electron chi connectivity index (χ3n) is 4.12. The number of nitrogens with one attached hydrogen (secondary N) is 1. The van der Waals surface area contributed by atoms with Crippen LogP contribution in [0.5, 0.6) is 0 Å². The van der Waals surface area contributed by atoms with Gasteiger partial charge in [0.05, 0.1) is 17.3 Å². The van der Waals surface area contributed by atoms with E-state index in [1.807, 2.05) is 31.2 Å². The minimum Gasteiger partial charge on any atom is -0.463 e. The molecular weight excluding hydrogens is 411 g/mol. The van der Waals surface area contributed by atoms with Gasteiger partial charge in [-0.1, -0.05) is 53.0 Å². The minimum absolute atomic E-state index is 0.0128. The SMILES string of the molecule is CCOC(=O)C1Nc2cc(Cl)cc(Cl)c2S(=O)(=O)N1Cc1ccc(C)cc1. The van der Waals surface area contributed by atoms with E-state index in [9.17, 15) is 13.2 Å². The van der Waals surface area contributed by atoms with Gasteiger partial charge in [-0.25, -0.2) is 13.2 Å². The van der Waals surface area contributed by atoms with Gasteiger partial charge >= 0.3 is 5.97 Å². The van der Waals surface area contributed by atoms with Crippen LogP contribution in [-0.4, -0.2) is 31.5 Å². The molecule has 0 aliphatic carbocycles. The smallest absolute Gasteiger partial charge is 0.345 e. The molecule has 0 aromatic heterocycles. The number of carbonyl (C=O) groups excluding carboxylic acids is 1. The normalized spacial score (nSPS) is 18.4. The van der Waals surface area contributed by atoms with Crippen molar-refractivity contribution in [2.45, 2.75) is 31.5 Å². The van der Waals surface area contributed by atoms with Crippen LogP contribution in [0.3, 0.4) is 0 Å². The Morgan fingerprint density at radius 1 is 1.22 bits per heavy atom. The lowest BCUT2D eigenvalue weighted by molar-refractivity contribution is -0.146. The summed E-state index contributed by atoms with van der Waals surface area (Å²) in [5.74, 6) is -0.699. The van der Waals surface area contributed by atoms with Crippen LogP contribution < -0.4 is 5.32 Å². The Labute approximate surface area is 168 Å². The van der Waals surface area contributed by atoms with Gasteiger partial charge in [0.25, 0.3) is 0 Å². The van der Waals surface area contributed by atoms with Gasteiger partial charge in [-0.2, -0.15) is 4.31 Å². The van der Waals surface area contributed by atoms with Gasteiger partial charge in [0.1, 0.15) is 4.90 Å². The van der Waals surface area contributed by atoms with Crippen molar-refractivity contribution in [3.8, 4) is 0 Å².